The number of amides is 3. The lowest BCUT2D eigenvalue weighted by Crippen LogP contribution is -2.38. The fourth-order valence-corrected chi connectivity index (χ4v) is 3.36. The highest BCUT2D eigenvalue weighted by Gasteiger charge is 2.34. The Labute approximate surface area is 155 Å². The molecule has 2 heterocycles. The van der Waals surface area contributed by atoms with Crippen LogP contribution in [0.4, 0.5) is 4.79 Å². The maximum Gasteiger partial charge on any atom is 0.293 e. The van der Waals surface area contributed by atoms with Crippen LogP contribution in [0.2, 0.25) is 0 Å². The molecule has 0 aromatic heterocycles. The second-order valence-corrected chi connectivity index (χ2v) is 7.04. The highest BCUT2D eigenvalue weighted by atomic mass is 32.2. The van der Waals surface area contributed by atoms with Crippen LogP contribution in [0.25, 0.3) is 6.08 Å². The van der Waals surface area contributed by atoms with Crippen LogP contribution in [0.5, 0.6) is 11.5 Å². The summed E-state index contributed by atoms with van der Waals surface area (Å²) in [5.74, 6) is 0.764. The molecule has 2 aliphatic rings. The molecule has 1 aromatic rings. The predicted molar refractivity (Wildman–Crippen MR) is 97.7 cm³/mol. The van der Waals surface area contributed by atoms with Crippen LogP contribution >= 0.6 is 11.8 Å². The van der Waals surface area contributed by atoms with Crippen LogP contribution < -0.4 is 14.8 Å². The predicted octanol–water partition coefficient (Wildman–Crippen LogP) is 2.61. The fraction of sp³-hybridized carbons (Fsp3) is 0.389. The minimum Gasteiger partial charge on any atom is -0.454 e. The highest BCUT2D eigenvalue weighted by Crippen LogP contribution is 2.36. The molecule has 7 nitrogen and oxygen atoms in total. The zero-order valence-electron chi connectivity index (χ0n) is 14.6. The van der Waals surface area contributed by atoms with E-state index >= 15 is 0 Å². The van der Waals surface area contributed by atoms with Crippen LogP contribution in [-0.2, 0) is 9.59 Å². The van der Waals surface area contributed by atoms with E-state index in [0.29, 0.717) is 16.4 Å². The molecule has 2 aliphatic heterocycles. The van der Waals surface area contributed by atoms with Crippen LogP contribution in [0.15, 0.2) is 23.1 Å². The number of nitrogens with zero attached hydrogens (tertiary/aromatic N) is 1. The van der Waals surface area contributed by atoms with Gasteiger partial charge in [0.1, 0.15) is 0 Å². The maximum atomic E-state index is 12.5. The third-order valence-corrected chi connectivity index (χ3v) is 5.17. The Morgan fingerprint density at radius 3 is 2.88 bits per heavy atom. The number of ether oxygens (including phenoxy) is 2. The molecule has 0 bridgehead atoms. The van der Waals surface area contributed by atoms with Gasteiger partial charge in [-0.05, 0) is 42.0 Å². The number of imide groups is 1. The first-order valence-corrected chi connectivity index (χ1v) is 9.24. The van der Waals surface area contributed by atoms with Crippen molar-refractivity contribution in [2.24, 2.45) is 5.92 Å². The van der Waals surface area contributed by atoms with E-state index in [4.69, 9.17) is 9.47 Å². The topological polar surface area (TPSA) is 84.9 Å². The summed E-state index contributed by atoms with van der Waals surface area (Å²) in [7, 11) is 0. The van der Waals surface area contributed by atoms with Crippen molar-refractivity contribution in [1.82, 2.24) is 10.2 Å². The van der Waals surface area contributed by atoms with Crippen molar-refractivity contribution in [2.45, 2.75) is 20.3 Å². The first-order valence-electron chi connectivity index (χ1n) is 8.42. The number of hydrogen-bond donors (Lipinski definition) is 1. The van der Waals surface area contributed by atoms with Gasteiger partial charge in [0.15, 0.2) is 11.5 Å². The fourth-order valence-electron chi connectivity index (χ4n) is 2.50. The summed E-state index contributed by atoms with van der Waals surface area (Å²) >= 11 is 0.893. The van der Waals surface area contributed by atoms with Gasteiger partial charge in [-0.3, -0.25) is 19.3 Å². The monoisotopic (exact) mass is 376 g/mol. The number of hydrogen-bond acceptors (Lipinski definition) is 6. The molecule has 1 atom stereocenters. The van der Waals surface area contributed by atoms with Gasteiger partial charge in [0.2, 0.25) is 12.7 Å². The third-order valence-electron chi connectivity index (χ3n) is 4.26. The van der Waals surface area contributed by atoms with E-state index in [2.05, 4.69) is 5.32 Å². The second kappa shape index (κ2) is 7.82. The standard InChI is InChI=1S/C18H20N2O5S/c1-3-11(2)16(21)19-6-7-20-17(22)15(26-18(20)23)9-12-4-5-13-14(8-12)25-10-24-13/h4-5,8-9,11H,3,6-7,10H2,1-2H3,(H,19,21)/b15-9+. The Kier molecular flexibility index (Phi) is 5.51. The van der Waals surface area contributed by atoms with E-state index in [-0.39, 0.29) is 42.9 Å². The lowest BCUT2D eigenvalue weighted by molar-refractivity contribution is -0.126. The van der Waals surface area contributed by atoms with Crippen molar-refractivity contribution >= 4 is 34.9 Å². The summed E-state index contributed by atoms with van der Waals surface area (Å²) < 4.78 is 10.6. The average Bonchev–Trinajstić information content (AvgIpc) is 3.20. The summed E-state index contributed by atoms with van der Waals surface area (Å²) in [6.07, 6.45) is 2.40. The summed E-state index contributed by atoms with van der Waals surface area (Å²) in [5.41, 5.74) is 0.754. The van der Waals surface area contributed by atoms with Crippen molar-refractivity contribution in [2.75, 3.05) is 19.9 Å². The number of rotatable bonds is 6. The van der Waals surface area contributed by atoms with Crippen molar-refractivity contribution < 1.29 is 23.9 Å². The molecular formula is C18H20N2O5S. The molecule has 0 radical (unpaired) electrons. The normalized spacial score (nSPS) is 18.5. The first kappa shape index (κ1) is 18.3. The second-order valence-electron chi connectivity index (χ2n) is 6.05. The molecule has 0 saturated carbocycles. The van der Waals surface area contributed by atoms with Gasteiger partial charge in [0.05, 0.1) is 4.91 Å². The largest absolute Gasteiger partial charge is 0.454 e. The van der Waals surface area contributed by atoms with Crippen LogP contribution in [0, 0.1) is 5.92 Å². The minimum atomic E-state index is -0.351. The number of nitrogens with one attached hydrogen (secondary N) is 1. The Morgan fingerprint density at radius 2 is 2.12 bits per heavy atom. The quantitative estimate of drug-likeness (QED) is 0.768. The average molecular weight is 376 g/mol. The molecule has 0 aliphatic carbocycles. The summed E-state index contributed by atoms with van der Waals surface area (Å²) in [6, 6.07) is 5.33. The number of carbonyl (C=O) groups is 3. The van der Waals surface area contributed by atoms with Crippen LogP contribution in [-0.4, -0.2) is 41.8 Å². The third kappa shape index (κ3) is 3.85. The van der Waals surface area contributed by atoms with Crippen molar-refractivity contribution in [3.05, 3.63) is 28.7 Å². The van der Waals surface area contributed by atoms with E-state index in [1.54, 1.807) is 24.3 Å². The Balaban J connectivity index is 1.62. The molecule has 1 fully saturated rings. The number of benzene rings is 1. The van der Waals surface area contributed by atoms with Gasteiger partial charge in [0.25, 0.3) is 11.1 Å². The molecular weight excluding hydrogens is 356 g/mol. The molecule has 1 saturated heterocycles. The molecule has 3 amide bonds. The number of fused-ring (bicyclic) bond motifs is 1. The van der Waals surface area contributed by atoms with Crippen molar-refractivity contribution in [3.63, 3.8) is 0 Å². The van der Waals surface area contributed by atoms with E-state index in [1.807, 2.05) is 13.8 Å². The number of carbonyl (C=O) groups excluding carboxylic acids is 3. The SMILES string of the molecule is CCC(C)C(=O)NCCN1C(=O)S/C(=C/c2ccc3c(c2)OCO3)C1=O. The summed E-state index contributed by atoms with van der Waals surface area (Å²) in [5, 5.41) is 2.42. The maximum absolute atomic E-state index is 12.5. The molecule has 8 heteroatoms. The molecule has 0 spiro atoms. The van der Waals surface area contributed by atoms with Gasteiger partial charge >= 0.3 is 0 Å². The van der Waals surface area contributed by atoms with Crippen LogP contribution in [0.1, 0.15) is 25.8 Å². The van der Waals surface area contributed by atoms with Gasteiger partial charge in [-0.2, -0.15) is 0 Å². The minimum absolute atomic E-state index is 0.0737. The van der Waals surface area contributed by atoms with Gasteiger partial charge < -0.3 is 14.8 Å². The smallest absolute Gasteiger partial charge is 0.293 e. The van der Waals surface area contributed by atoms with Gasteiger partial charge in [0, 0.05) is 19.0 Å². The van der Waals surface area contributed by atoms with Gasteiger partial charge in [-0.15, -0.1) is 0 Å². The number of thioether (sulfide) groups is 1. The molecule has 3 rings (SSSR count). The Hall–Kier alpha value is -2.48. The molecule has 138 valence electrons. The van der Waals surface area contributed by atoms with E-state index in [0.717, 1.165) is 28.6 Å². The summed E-state index contributed by atoms with van der Waals surface area (Å²) in [4.78, 5) is 37.8. The van der Waals surface area contributed by atoms with Gasteiger partial charge in [-0.1, -0.05) is 19.9 Å². The molecule has 1 unspecified atom stereocenters. The summed E-state index contributed by atoms with van der Waals surface area (Å²) in [6.45, 7) is 4.35. The van der Waals surface area contributed by atoms with Crippen molar-refractivity contribution in [1.29, 1.82) is 0 Å². The zero-order valence-corrected chi connectivity index (χ0v) is 15.4. The lowest BCUT2D eigenvalue weighted by atomic mass is 10.1. The van der Waals surface area contributed by atoms with Crippen molar-refractivity contribution in [3.8, 4) is 11.5 Å². The molecule has 26 heavy (non-hydrogen) atoms. The highest BCUT2D eigenvalue weighted by molar-refractivity contribution is 8.18. The van der Waals surface area contributed by atoms with E-state index < -0.39 is 0 Å². The Bertz CT molecular complexity index is 777. The van der Waals surface area contributed by atoms with Gasteiger partial charge in [-0.25, -0.2) is 0 Å². The first-order chi connectivity index (χ1) is 12.5. The van der Waals surface area contributed by atoms with E-state index in [1.165, 1.54) is 0 Å². The molecule has 1 aromatic carbocycles. The Morgan fingerprint density at radius 1 is 1.35 bits per heavy atom. The van der Waals surface area contributed by atoms with Crippen LogP contribution in [0.3, 0.4) is 0 Å². The van der Waals surface area contributed by atoms with E-state index in [9.17, 15) is 14.4 Å². The zero-order chi connectivity index (χ0) is 18.7. The lowest BCUT2D eigenvalue weighted by Gasteiger charge is -2.14. The molecule has 1 N–H and O–H groups in total.